The monoisotopic (exact) mass is 406 g/mol. The van der Waals surface area contributed by atoms with Gasteiger partial charge in [-0.25, -0.2) is 0 Å². The van der Waals surface area contributed by atoms with Crippen LogP contribution in [0.5, 0.6) is 0 Å². The zero-order valence-corrected chi connectivity index (χ0v) is 17.6. The molecule has 0 heterocycles. The summed E-state index contributed by atoms with van der Waals surface area (Å²) in [6, 6.07) is 19.4. The number of nitrogens with one attached hydrogen (secondary N) is 2. The molecule has 0 spiro atoms. The molecule has 0 bridgehead atoms. The van der Waals surface area contributed by atoms with Gasteiger partial charge in [-0.15, -0.1) is 0 Å². The largest absolute Gasteiger partial charge is 0.357 e. The molecule has 0 saturated heterocycles. The fraction of sp³-hybridized carbons (Fsp3) is 0.350. The van der Waals surface area contributed by atoms with Crippen molar-refractivity contribution in [1.82, 2.24) is 10.6 Å². The van der Waals surface area contributed by atoms with Gasteiger partial charge in [0.15, 0.2) is 10.9 Å². The topological polar surface area (TPSA) is 59.6 Å². The van der Waals surface area contributed by atoms with Crippen LogP contribution in [-0.2, 0) is 13.6 Å². The number of rotatable bonds is 9. The predicted molar refractivity (Wildman–Crippen MR) is 114 cm³/mol. The van der Waals surface area contributed by atoms with E-state index in [0.29, 0.717) is 5.11 Å². The Morgan fingerprint density at radius 1 is 0.926 bits per heavy atom. The van der Waals surface area contributed by atoms with Gasteiger partial charge < -0.3 is 19.7 Å². The van der Waals surface area contributed by atoms with E-state index >= 15 is 0 Å². The van der Waals surface area contributed by atoms with E-state index in [9.17, 15) is 4.57 Å². The normalized spacial score (nSPS) is 13.6. The van der Waals surface area contributed by atoms with Crippen molar-refractivity contribution in [3.05, 3.63) is 71.8 Å². The van der Waals surface area contributed by atoms with Crippen LogP contribution in [0.1, 0.15) is 43.7 Å². The Labute approximate surface area is 167 Å². The van der Waals surface area contributed by atoms with Gasteiger partial charge in [-0.3, -0.25) is 4.57 Å². The van der Waals surface area contributed by atoms with Crippen LogP contribution in [0.2, 0.25) is 0 Å². The quantitative estimate of drug-likeness (QED) is 0.442. The Kier molecular flexibility index (Phi) is 8.45. The molecular weight excluding hydrogens is 379 g/mol. The van der Waals surface area contributed by atoms with Crippen LogP contribution in [0, 0.1) is 0 Å². The highest BCUT2D eigenvalue weighted by molar-refractivity contribution is 7.80. The van der Waals surface area contributed by atoms with Crippen LogP contribution in [0.25, 0.3) is 0 Å². The molecule has 1 unspecified atom stereocenters. The zero-order chi connectivity index (χ0) is 19.7. The number of thiocarbonyl (C=S) groups is 1. The lowest BCUT2D eigenvalue weighted by molar-refractivity contribution is 0.210. The standard InChI is InChI=1S/C20H27N2O3PS/c1-4-24-26(23,25-5-2)19(18-14-10-7-11-15-18)22-20(27)21-16(3)17-12-8-6-9-13-17/h6-16,19H,4-5H2,1-3H3,(H2,21,22,27)/t16-,19?/m0/s1. The van der Waals surface area contributed by atoms with Gasteiger partial charge in [-0.1, -0.05) is 60.7 Å². The lowest BCUT2D eigenvalue weighted by atomic mass is 10.1. The molecule has 0 fully saturated rings. The van der Waals surface area contributed by atoms with Crippen LogP contribution in [0.15, 0.2) is 60.7 Å². The minimum atomic E-state index is -3.46. The molecule has 0 aliphatic heterocycles. The van der Waals surface area contributed by atoms with Gasteiger partial charge >= 0.3 is 7.60 Å². The first-order chi connectivity index (χ1) is 13.0. The lowest BCUT2D eigenvalue weighted by Gasteiger charge is -2.29. The first-order valence-corrected chi connectivity index (χ1v) is 11.1. The summed E-state index contributed by atoms with van der Waals surface area (Å²) in [6.07, 6.45) is 0. The summed E-state index contributed by atoms with van der Waals surface area (Å²) in [5, 5.41) is 6.78. The summed E-state index contributed by atoms with van der Waals surface area (Å²) in [7, 11) is -3.46. The molecule has 146 valence electrons. The fourth-order valence-electron chi connectivity index (χ4n) is 2.71. The van der Waals surface area contributed by atoms with E-state index in [1.54, 1.807) is 13.8 Å². The van der Waals surface area contributed by atoms with E-state index < -0.39 is 13.4 Å². The van der Waals surface area contributed by atoms with Gasteiger partial charge in [0.05, 0.1) is 19.3 Å². The highest BCUT2D eigenvalue weighted by Gasteiger charge is 2.37. The molecule has 0 aliphatic carbocycles. The molecule has 2 atom stereocenters. The molecule has 2 aromatic rings. The highest BCUT2D eigenvalue weighted by Crippen LogP contribution is 2.59. The van der Waals surface area contributed by atoms with Crippen LogP contribution >= 0.6 is 19.8 Å². The molecule has 0 saturated carbocycles. The van der Waals surface area contributed by atoms with E-state index in [2.05, 4.69) is 10.6 Å². The second-order valence-electron chi connectivity index (χ2n) is 5.94. The minimum Gasteiger partial charge on any atom is -0.356 e. The molecule has 0 aliphatic rings. The summed E-state index contributed by atoms with van der Waals surface area (Å²) in [4.78, 5) is 0. The van der Waals surface area contributed by atoms with Crippen LogP contribution in [-0.4, -0.2) is 18.3 Å². The summed E-state index contributed by atoms with van der Waals surface area (Å²) in [5.74, 6) is -0.693. The molecule has 0 amide bonds. The smallest absolute Gasteiger partial charge is 0.356 e. The summed E-state index contributed by atoms with van der Waals surface area (Å²) >= 11 is 5.49. The SMILES string of the molecule is CCOP(=O)(OCC)C(NC(=S)N[C@@H](C)c1ccccc1)c1ccccc1. The molecular formula is C20H27N2O3PS. The second-order valence-corrected chi connectivity index (χ2v) is 8.46. The van der Waals surface area contributed by atoms with Crippen molar-refractivity contribution in [2.45, 2.75) is 32.6 Å². The van der Waals surface area contributed by atoms with Crippen molar-refractivity contribution >= 4 is 24.9 Å². The van der Waals surface area contributed by atoms with Crippen molar-refractivity contribution in [2.75, 3.05) is 13.2 Å². The Hall–Kier alpha value is -1.72. The van der Waals surface area contributed by atoms with Gasteiger partial charge in [-0.05, 0) is 44.1 Å². The van der Waals surface area contributed by atoms with Crippen LogP contribution in [0.4, 0.5) is 0 Å². The van der Waals surface area contributed by atoms with Crippen molar-refractivity contribution in [3.63, 3.8) is 0 Å². The Morgan fingerprint density at radius 2 is 1.41 bits per heavy atom. The molecule has 0 aromatic heterocycles. The maximum Gasteiger partial charge on any atom is 0.357 e. The Balaban J connectivity index is 2.21. The average molecular weight is 406 g/mol. The van der Waals surface area contributed by atoms with E-state index in [0.717, 1.165) is 11.1 Å². The molecule has 2 rings (SSSR count). The van der Waals surface area contributed by atoms with Crippen LogP contribution < -0.4 is 10.6 Å². The third-order valence-corrected chi connectivity index (χ3v) is 6.50. The predicted octanol–water partition coefficient (Wildman–Crippen LogP) is 5.18. The third kappa shape index (κ3) is 6.15. The Bertz CT molecular complexity index is 748. The molecule has 2 aromatic carbocycles. The Morgan fingerprint density at radius 3 is 1.89 bits per heavy atom. The first kappa shape index (κ1) is 21.6. The van der Waals surface area contributed by atoms with Gasteiger partial charge in [0.1, 0.15) is 0 Å². The van der Waals surface area contributed by atoms with Crippen molar-refractivity contribution < 1.29 is 13.6 Å². The maximum absolute atomic E-state index is 13.4. The summed E-state index contributed by atoms with van der Waals surface area (Å²) in [6.45, 7) is 6.17. The van der Waals surface area contributed by atoms with E-state index in [4.69, 9.17) is 21.3 Å². The molecule has 27 heavy (non-hydrogen) atoms. The number of benzene rings is 2. The summed E-state index contributed by atoms with van der Waals surface area (Å²) in [5.41, 5.74) is 1.90. The maximum atomic E-state index is 13.4. The van der Waals surface area contributed by atoms with Gasteiger partial charge in [0.2, 0.25) is 0 Å². The molecule has 2 N–H and O–H groups in total. The fourth-order valence-corrected chi connectivity index (χ4v) is 5.01. The number of hydrogen-bond acceptors (Lipinski definition) is 4. The van der Waals surface area contributed by atoms with Crippen molar-refractivity contribution in [1.29, 1.82) is 0 Å². The summed E-state index contributed by atoms with van der Waals surface area (Å²) < 4.78 is 24.5. The molecule has 0 radical (unpaired) electrons. The minimum absolute atomic E-state index is 0.00111. The molecule has 7 heteroatoms. The van der Waals surface area contributed by atoms with Gasteiger partial charge in [-0.2, -0.15) is 0 Å². The van der Waals surface area contributed by atoms with Crippen molar-refractivity contribution in [2.24, 2.45) is 0 Å². The van der Waals surface area contributed by atoms with E-state index in [-0.39, 0.29) is 19.3 Å². The average Bonchev–Trinajstić information content (AvgIpc) is 2.68. The second kappa shape index (κ2) is 10.6. The zero-order valence-electron chi connectivity index (χ0n) is 15.9. The van der Waals surface area contributed by atoms with Gasteiger partial charge in [0.25, 0.3) is 0 Å². The third-order valence-electron chi connectivity index (χ3n) is 3.96. The molecule has 5 nitrogen and oxygen atoms in total. The number of hydrogen-bond donors (Lipinski definition) is 2. The van der Waals surface area contributed by atoms with E-state index in [1.165, 1.54) is 0 Å². The van der Waals surface area contributed by atoms with Gasteiger partial charge in [0, 0.05) is 0 Å². The van der Waals surface area contributed by atoms with Crippen molar-refractivity contribution in [3.8, 4) is 0 Å². The highest BCUT2D eigenvalue weighted by atomic mass is 32.1. The van der Waals surface area contributed by atoms with Crippen LogP contribution in [0.3, 0.4) is 0 Å². The van der Waals surface area contributed by atoms with E-state index in [1.807, 2.05) is 67.6 Å². The lowest BCUT2D eigenvalue weighted by Crippen LogP contribution is -2.39. The first-order valence-electron chi connectivity index (χ1n) is 9.06.